The van der Waals surface area contributed by atoms with Crippen molar-refractivity contribution in [3.63, 3.8) is 0 Å². The molecule has 0 bridgehead atoms. The van der Waals surface area contributed by atoms with E-state index in [-0.39, 0.29) is 12.1 Å². The summed E-state index contributed by atoms with van der Waals surface area (Å²) in [4.78, 5) is 13.9. The fraction of sp³-hybridized carbons (Fsp3) is 0.750. The second-order valence-corrected chi connectivity index (χ2v) is 7.05. The van der Waals surface area contributed by atoms with Crippen molar-refractivity contribution in [1.29, 1.82) is 0 Å². The molecule has 1 N–H and O–H groups in total. The zero-order valence-corrected chi connectivity index (χ0v) is 14.5. The number of nitrogens with zero attached hydrogens (tertiary/aromatic N) is 3. The summed E-state index contributed by atoms with van der Waals surface area (Å²) < 4.78 is 31.3. The molecular weight excluding hydrogens is 318 g/mol. The van der Waals surface area contributed by atoms with E-state index in [4.69, 9.17) is 4.74 Å². The molecule has 0 radical (unpaired) electrons. The smallest absolute Gasteiger partial charge is 0.410 e. The van der Waals surface area contributed by atoms with Crippen LogP contribution in [-0.4, -0.2) is 51.9 Å². The fourth-order valence-corrected chi connectivity index (χ4v) is 2.64. The second kappa shape index (κ2) is 7.81. The molecule has 1 aromatic heterocycles. The van der Waals surface area contributed by atoms with Crippen LogP contribution in [0.2, 0.25) is 0 Å². The highest BCUT2D eigenvalue weighted by Gasteiger charge is 2.25. The van der Waals surface area contributed by atoms with E-state index in [0.717, 1.165) is 19.3 Å². The SMILES string of the molecule is CC(C)(C)OC(=O)N1CCCC(Nc2ccn(CC(F)F)n2)CC1. The Morgan fingerprint density at radius 1 is 1.42 bits per heavy atom. The number of aromatic nitrogens is 2. The van der Waals surface area contributed by atoms with Crippen molar-refractivity contribution in [2.24, 2.45) is 0 Å². The largest absolute Gasteiger partial charge is 0.444 e. The number of hydrogen-bond donors (Lipinski definition) is 1. The van der Waals surface area contributed by atoms with E-state index >= 15 is 0 Å². The van der Waals surface area contributed by atoms with Crippen molar-refractivity contribution in [3.8, 4) is 0 Å². The lowest BCUT2D eigenvalue weighted by atomic mass is 10.1. The molecule has 136 valence electrons. The molecule has 0 aliphatic carbocycles. The standard InChI is InChI=1S/C16H26F2N4O2/c1-16(2,3)24-15(23)21-8-4-5-12(6-9-21)19-14-7-10-22(20-14)11-13(17)18/h7,10,12-13H,4-6,8-9,11H2,1-3H3,(H,19,20). The Balaban J connectivity index is 1.84. The topological polar surface area (TPSA) is 59.4 Å². The van der Waals surface area contributed by atoms with Gasteiger partial charge >= 0.3 is 6.09 Å². The number of rotatable bonds is 4. The van der Waals surface area contributed by atoms with Gasteiger partial charge in [0, 0.05) is 31.4 Å². The molecule has 1 amide bonds. The summed E-state index contributed by atoms with van der Waals surface area (Å²) in [5.41, 5.74) is -0.501. The Bertz CT molecular complexity index is 542. The van der Waals surface area contributed by atoms with E-state index in [1.165, 1.54) is 10.9 Å². The number of alkyl halides is 2. The molecule has 1 saturated heterocycles. The molecule has 8 heteroatoms. The molecule has 0 saturated carbocycles. The van der Waals surface area contributed by atoms with Crippen LogP contribution in [0.1, 0.15) is 40.0 Å². The first kappa shape index (κ1) is 18.5. The predicted molar refractivity (Wildman–Crippen MR) is 87.3 cm³/mol. The minimum absolute atomic E-state index is 0.160. The zero-order chi connectivity index (χ0) is 17.7. The fourth-order valence-electron chi connectivity index (χ4n) is 2.64. The first-order valence-electron chi connectivity index (χ1n) is 8.29. The van der Waals surface area contributed by atoms with Crippen LogP contribution >= 0.6 is 0 Å². The number of ether oxygens (including phenoxy) is 1. The molecule has 1 aliphatic rings. The van der Waals surface area contributed by atoms with Crippen LogP contribution in [0.3, 0.4) is 0 Å². The average molecular weight is 344 g/mol. The Kier molecular flexibility index (Phi) is 6.01. The van der Waals surface area contributed by atoms with Crippen molar-refractivity contribution in [3.05, 3.63) is 12.3 Å². The molecule has 2 rings (SSSR count). The Morgan fingerprint density at radius 3 is 2.83 bits per heavy atom. The van der Waals surface area contributed by atoms with Crippen molar-refractivity contribution in [2.75, 3.05) is 18.4 Å². The van der Waals surface area contributed by atoms with Gasteiger partial charge in [0.05, 0.1) is 0 Å². The number of carbonyl (C=O) groups is 1. The highest BCUT2D eigenvalue weighted by molar-refractivity contribution is 5.68. The van der Waals surface area contributed by atoms with E-state index in [1.807, 2.05) is 20.8 Å². The molecular formula is C16H26F2N4O2. The van der Waals surface area contributed by atoms with Crippen LogP contribution < -0.4 is 5.32 Å². The van der Waals surface area contributed by atoms with Crippen LogP contribution in [0.15, 0.2) is 12.3 Å². The van der Waals surface area contributed by atoms with Crippen molar-refractivity contribution in [1.82, 2.24) is 14.7 Å². The van der Waals surface area contributed by atoms with Gasteiger partial charge < -0.3 is 15.0 Å². The maximum Gasteiger partial charge on any atom is 0.410 e. The summed E-state index contributed by atoms with van der Waals surface area (Å²) in [6.45, 7) is 6.41. The summed E-state index contributed by atoms with van der Waals surface area (Å²) in [7, 11) is 0. The Morgan fingerprint density at radius 2 is 2.17 bits per heavy atom. The molecule has 1 fully saturated rings. The number of hydrogen-bond acceptors (Lipinski definition) is 4. The second-order valence-electron chi connectivity index (χ2n) is 7.05. The molecule has 0 aromatic carbocycles. The Labute approximate surface area is 141 Å². The van der Waals surface area contributed by atoms with Gasteiger partial charge in [0.25, 0.3) is 6.43 Å². The van der Waals surface area contributed by atoms with Gasteiger partial charge in [0.2, 0.25) is 0 Å². The van der Waals surface area contributed by atoms with Crippen molar-refractivity contribution < 1.29 is 18.3 Å². The summed E-state index contributed by atoms with van der Waals surface area (Å²) in [5.74, 6) is 0.589. The van der Waals surface area contributed by atoms with Crippen LogP contribution in [0.4, 0.5) is 19.4 Å². The number of nitrogens with one attached hydrogen (secondary N) is 1. The number of carbonyl (C=O) groups excluding carboxylic acids is 1. The Hall–Kier alpha value is -1.86. The number of likely N-dealkylation sites (tertiary alicyclic amines) is 1. The lowest BCUT2D eigenvalue weighted by Crippen LogP contribution is -2.37. The van der Waals surface area contributed by atoms with Crippen molar-refractivity contribution >= 4 is 11.9 Å². The average Bonchev–Trinajstić information content (AvgIpc) is 2.72. The van der Waals surface area contributed by atoms with Crippen LogP contribution in [0.5, 0.6) is 0 Å². The zero-order valence-electron chi connectivity index (χ0n) is 14.5. The van der Waals surface area contributed by atoms with E-state index in [9.17, 15) is 13.6 Å². The first-order valence-corrected chi connectivity index (χ1v) is 8.29. The van der Waals surface area contributed by atoms with Gasteiger partial charge in [-0.05, 0) is 40.0 Å². The van der Waals surface area contributed by atoms with Gasteiger partial charge in [0.1, 0.15) is 18.0 Å². The third kappa shape index (κ3) is 5.98. The van der Waals surface area contributed by atoms with E-state index in [0.29, 0.717) is 18.9 Å². The van der Waals surface area contributed by atoms with Gasteiger partial charge in [-0.15, -0.1) is 0 Å². The number of halogens is 2. The van der Waals surface area contributed by atoms with Crippen LogP contribution in [-0.2, 0) is 11.3 Å². The van der Waals surface area contributed by atoms with Gasteiger partial charge in [-0.2, -0.15) is 5.10 Å². The van der Waals surface area contributed by atoms with Gasteiger partial charge in [-0.3, -0.25) is 4.68 Å². The van der Waals surface area contributed by atoms with Crippen molar-refractivity contribution in [2.45, 2.75) is 64.6 Å². The maximum atomic E-state index is 12.3. The minimum Gasteiger partial charge on any atom is -0.444 e. The van der Waals surface area contributed by atoms with Gasteiger partial charge in [-0.1, -0.05) is 0 Å². The molecule has 1 aromatic rings. The highest BCUT2D eigenvalue weighted by Crippen LogP contribution is 2.18. The van der Waals surface area contributed by atoms with Gasteiger partial charge in [-0.25, -0.2) is 13.6 Å². The normalized spacial score (nSPS) is 19.2. The van der Waals surface area contributed by atoms with E-state index < -0.39 is 18.6 Å². The quantitative estimate of drug-likeness (QED) is 0.910. The molecule has 1 unspecified atom stereocenters. The minimum atomic E-state index is -2.42. The van der Waals surface area contributed by atoms with Crippen LogP contribution in [0, 0.1) is 0 Å². The highest BCUT2D eigenvalue weighted by atomic mass is 19.3. The summed E-state index contributed by atoms with van der Waals surface area (Å²) >= 11 is 0. The summed E-state index contributed by atoms with van der Waals surface area (Å²) in [6.07, 6.45) is 1.34. The molecule has 0 spiro atoms. The molecule has 1 aliphatic heterocycles. The first-order chi connectivity index (χ1) is 11.2. The monoisotopic (exact) mass is 344 g/mol. The maximum absolute atomic E-state index is 12.3. The lowest BCUT2D eigenvalue weighted by Gasteiger charge is -2.26. The predicted octanol–water partition coefficient (Wildman–Crippen LogP) is 3.35. The molecule has 2 heterocycles. The molecule has 24 heavy (non-hydrogen) atoms. The number of anilines is 1. The molecule has 6 nitrogen and oxygen atoms in total. The summed E-state index contributed by atoms with van der Waals surface area (Å²) in [6, 6.07) is 1.85. The van der Waals surface area contributed by atoms with Crippen LogP contribution in [0.25, 0.3) is 0 Å². The van der Waals surface area contributed by atoms with E-state index in [1.54, 1.807) is 11.0 Å². The molecule has 1 atom stereocenters. The lowest BCUT2D eigenvalue weighted by molar-refractivity contribution is 0.0256. The number of amides is 1. The summed E-state index contributed by atoms with van der Waals surface area (Å²) in [5, 5.41) is 7.36. The van der Waals surface area contributed by atoms with Gasteiger partial charge in [0.15, 0.2) is 0 Å². The third-order valence-corrected chi connectivity index (χ3v) is 3.70. The third-order valence-electron chi connectivity index (χ3n) is 3.70. The van der Waals surface area contributed by atoms with E-state index in [2.05, 4.69) is 10.4 Å².